The first kappa shape index (κ1) is 15.9. The van der Waals surface area contributed by atoms with E-state index in [9.17, 15) is 4.79 Å². The monoisotopic (exact) mass is 280 g/mol. The SMILES string of the molecule is CCC=CC(=O)c1c(OC)cc(OC)c(OC)c1OC. The number of methoxy groups -OCH3 is 4. The molecule has 0 aromatic heterocycles. The standard InChI is InChI=1S/C15H20O5/c1-6-7-8-10(16)13-11(17-2)9-12(18-3)14(19-4)15(13)20-5/h7-9H,6H2,1-5H3. The number of benzene rings is 1. The Balaban J connectivity index is 3.54. The van der Waals surface area contributed by atoms with Crippen molar-refractivity contribution in [2.24, 2.45) is 0 Å². The van der Waals surface area contributed by atoms with E-state index in [-0.39, 0.29) is 5.78 Å². The van der Waals surface area contributed by atoms with E-state index in [1.54, 1.807) is 12.1 Å². The summed E-state index contributed by atoms with van der Waals surface area (Å²) in [6.07, 6.45) is 4.04. The molecule has 0 aliphatic heterocycles. The number of hydrogen-bond donors (Lipinski definition) is 0. The summed E-state index contributed by atoms with van der Waals surface area (Å²) in [5, 5.41) is 0. The second kappa shape index (κ2) is 7.43. The number of carbonyl (C=O) groups excluding carboxylic acids is 1. The highest BCUT2D eigenvalue weighted by Gasteiger charge is 2.24. The van der Waals surface area contributed by atoms with Gasteiger partial charge in [-0.1, -0.05) is 13.0 Å². The summed E-state index contributed by atoms with van der Waals surface area (Å²) >= 11 is 0. The summed E-state index contributed by atoms with van der Waals surface area (Å²) in [6.45, 7) is 1.95. The van der Waals surface area contributed by atoms with Crippen LogP contribution in [0.3, 0.4) is 0 Å². The summed E-state index contributed by atoms with van der Waals surface area (Å²) in [5.41, 5.74) is 0.317. The minimum atomic E-state index is -0.207. The lowest BCUT2D eigenvalue weighted by Gasteiger charge is -2.17. The molecule has 5 nitrogen and oxygen atoms in total. The Hall–Kier alpha value is -2.17. The van der Waals surface area contributed by atoms with E-state index in [0.717, 1.165) is 6.42 Å². The molecule has 5 heteroatoms. The maximum absolute atomic E-state index is 12.3. The van der Waals surface area contributed by atoms with E-state index in [1.807, 2.05) is 6.92 Å². The van der Waals surface area contributed by atoms with Crippen LogP contribution in [0.1, 0.15) is 23.7 Å². The van der Waals surface area contributed by atoms with Gasteiger partial charge in [0.05, 0.1) is 28.4 Å². The molecule has 0 spiro atoms. The highest BCUT2D eigenvalue weighted by Crippen LogP contribution is 2.45. The van der Waals surface area contributed by atoms with E-state index in [2.05, 4.69) is 0 Å². The lowest BCUT2D eigenvalue weighted by atomic mass is 10.1. The summed E-state index contributed by atoms with van der Waals surface area (Å²) in [7, 11) is 5.95. The van der Waals surface area contributed by atoms with Crippen LogP contribution in [0.5, 0.6) is 23.0 Å². The van der Waals surface area contributed by atoms with Crippen molar-refractivity contribution in [2.45, 2.75) is 13.3 Å². The Morgan fingerprint density at radius 1 is 1.00 bits per heavy atom. The number of ketones is 1. The molecule has 0 aliphatic carbocycles. The van der Waals surface area contributed by atoms with Crippen molar-refractivity contribution in [2.75, 3.05) is 28.4 Å². The first-order valence-electron chi connectivity index (χ1n) is 6.22. The highest BCUT2D eigenvalue weighted by molar-refractivity contribution is 6.09. The van der Waals surface area contributed by atoms with Gasteiger partial charge in [-0.3, -0.25) is 4.79 Å². The molecule has 0 fully saturated rings. The molecular weight excluding hydrogens is 260 g/mol. The van der Waals surface area contributed by atoms with Gasteiger partial charge in [-0.25, -0.2) is 0 Å². The van der Waals surface area contributed by atoms with E-state index < -0.39 is 0 Å². The molecule has 1 rings (SSSR count). The molecule has 0 N–H and O–H groups in total. The van der Waals surface area contributed by atoms with Gasteiger partial charge >= 0.3 is 0 Å². The normalized spacial score (nSPS) is 10.4. The van der Waals surface area contributed by atoms with Crippen LogP contribution in [-0.4, -0.2) is 34.2 Å². The van der Waals surface area contributed by atoms with Gasteiger partial charge in [0.25, 0.3) is 0 Å². The number of hydrogen-bond acceptors (Lipinski definition) is 5. The topological polar surface area (TPSA) is 54.0 Å². The molecule has 0 saturated carbocycles. The first-order valence-corrected chi connectivity index (χ1v) is 6.22. The third-order valence-corrected chi connectivity index (χ3v) is 2.77. The summed E-state index contributed by atoms with van der Waals surface area (Å²) in [6, 6.07) is 1.61. The molecule has 0 saturated heterocycles. The van der Waals surface area contributed by atoms with E-state index >= 15 is 0 Å². The number of ether oxygens (including phenoxy) is 4. The molecule has 0 aliphatic rings. The van der Waals surface area contributed by atoms with Gasteiger partial charge in [0.1, 0.15) is 11.3 Å². The number of rotatable bonds is 7. The minimum Gasteiger partial charge on any atom is -0.496 e. The van der Waals surface area contributed by atoms with Crippen LogP contribution in [0.2, 0.25) is 0 Å². The third-order valence-electron chi connectivity index (χ3n) is 2.77. The molecule has 0 atom stereocenters. The second-order valence-corrected chi connectivity index (χ2v) is 3.90. The fourth-order valence-electron chi connectivity index (χ4n) is 1.84. The quantitative estimate of drug-likeness (QED) is 0.568. The van der Waals surface area contributed by atoms with Gasteiger partial charge in [0.15, 0.2) is 17.3 Å². The maximum Gasteiger partial charge on any atom is 0.204 e. The van der Waals surface area contributed by atoms with E-state index in [1.165, 1.54) is 34.5 Å². The molecule has 1 aromatic carbocycles. The molecule has 0 unspecified atom stereocenters. The lowest BCUT2D eigenvalue weighted by Crippen LogP contribution is -2.06. The predicted octanol–water partition coefficient (Wildman–Crippen LogP) is 2.87. The molecular formula is C15H20O5. The average Bonchev–Trinajstić information content (AvgIpc) is 2.49. The smallest absolute Gasteiger partial charge is 0.204 e. The third kappa shape index (κ3) is 3.04. The van der Waals surface area contributed by atoms with Crippen LogP contribution in [-0.2, 0) is 0 Å². The van der Waals surface area contributed by atoms with Crippen LogP contribution in [0.25, 0.3) is 0 Å². The maximum atomic E-state index is 12.3. The Morgan fingerprint density at radius 3 is 2.05 bits per heavy atom. The van der Waals surface area contributed by atoms with Crippen LogP contribution in [0.4, 0.5) is 0 Å². The summed E-state index contributed by atoms with van der Waals surface area (Å²) < 4.78 is 21.1. The van der Waals surface area contributed by atoms with Gasteiger partial charge < -0.3 is 18.9 Å². The van der Waals surface area contributed by atoms with Gasteiger partial charge in [-0.2, -0.15) is 0 Å². The minimum absolute atomic E-state index is 0.207. The zero-order valence-corrected chi connectivity index (χ0v) is 12.5. The molecule has 20 heavy (non-hydrogen) atoms. The van der Waals surface area contributed by atoms with Gasteiger partial charge in [-0.05, 0) is 12.5 Å². The van der Waals surface area contributed by atoms with Crippen molar-refractivity contribution in [3.8, 4) is 23.0 Å². The van der Waals surface area contributed by atoms with Crippen molar-refractivity contribution >= 4 is 5.78 Å². The van der Waals surface area contributed by atoms with E-state index in [4.69, 9.17) is 18.9 Å². The van der Waals surface area contributed by atoms with Crippen LogP contribution >= 0.6 is 0 Å². The molecule has 0 radical (unpaired) electrons. The van der Waals surface area contributed by atoms with Gasteiger partial charge in [0, 0.05) is 6.07 Å². The Labute approximate surface area is 119 Å². The van der Waals surface area contributed by atoms with Crippen molar-refractivity contribution in [1.29, 1.82) is 0 Å². The van der Waals surface area contributed by atoms with Crippen molar-refractivity contribution in [3.63, 3.8) is 0 Å². The largest absolute Gasteiger partial charge is 0.496 e. The number of allylic oxidation sites excluding steroid dienone is 2. The molecule has 1 aromatic rings. The molecule has 110 valence electrons. The first-order chi connectivity index (χ1) is 9.64. The van der Waals surface area contributed by atoms with Gasteiger partial charge in [-0.15, -0.1) is 0 Å². The van der Waals surface area contributed by atoms with Gasteiger partial charge in [0.2, 0.25) is 5.75 Å². The number of carbonyl (C=O) groups is 1. The predicted molar refractivity (Wildman–Crippen MR) is 76.4 cm³/mol. The molecule has 0 heterocycles. The fraction of sp³-hybridized carbons (Fsp3) is 0.400. The van der Waals surface area contributed by atoms with Crippen LogP contribution in [0.15, 0.2) is 18.2 Å². The molecule has 0 bridgehead atoms. The summed E-state index contributed by atoms with van der Waals surface area (Å²) in [5.74, 6) is 1.28. The fourth-order valence-corrected chi connectivity index (χ4v) is 1.84. The molecule has 0 amide bonds. The Kier molecular flexibility index (Phi) is 5.90. The average molecular weight is 280 g/mol. The van der Waals surface area contributed by atoms with Crippen molar-refractivity contribution < 1.29 is 23.7 Å². The van der Waals surface area contributed by atoms with Crippen LogP contribution < -0.4 is 18.9 Å². The van der Waals surface area contributed by atoms with Crippen LogP contribution in [0, 0.1) is 0 Å². The lowest BCUT2D eigenvalue weighted by molar-refractivity contribution is 0.104. The Morgan fingerprint density at radius 2 is 1.60 bits per heavy atom. The Bertz CT molecular complexity index is 505. The summed E-state index contributed by atoms with van der Waals surface area (Å²) in [4.78, 5) is 12.3. The van der Waals surface area contributed by atoms with Crippen molar-refractivity contribution in [1.82, 2.24) is 0 Å². The zero-order chi connectivity index (χ0) is 15.1. The van der Waals surface area contributed by atoms with E-state index in [0.29, 0.717) is 28.6 Å². The van der Waals surface area contributed by atoms with Crippen molar-refractivity contribution in [3.05, 3.63) is 23.8 Å². The zero-order valence-electron chi connectivity index (χ0n) is 12.5. The highest BCUT2D eigenvalue weighted by atomic mass is 16.5. The second-order valence-electron chi connectivity index (χ2n) is 3.90.